The third-order valence-electron chi connectivity index (χ3n) is 0.306. The van der Waals surface area contributed by atoms with Crippen LogP contribution in [0.15, 0.2) is 0 Å². The molecule has 0 aliphatic rings. The zero-order valence-corrected chi connectivity index (χ0v) is 13.2. The van der Waals surface area contributed by atoms with Crippen LogP contribution >= 0.6 is 15.8 Å². The van der Waals surface area contributed by atoms with Gasteiger partial charge in [-0.3, -0.25) is 9.35 Å². The first-order valence-corrected chi connectivity index (χ1v) is 11.2. The Kier molecular flexibility index (Phi) is 15.8. The lowest BCUT2D eigenvalue weighted by Gasteiger charge is -1.85. The monoisotopic (exact) mass is 292 g/mol. The molecule has 100 valence electrons. The molecular weight excluding hydrogens is 270 g/mol. The highest BCUT2D eigenvalue weighted by molar-refractivity contribution is 7.86. The lowest BCUT2D eigenvalue weighted by molar-refractivity contribution is -0.134. The van der Waals surface area contributed by atoms with Gasteiger partial charge in [0, 0.05) is 0 Å². The smallest absolute Gasteiger partial charge is 0.321 e. The highest BCUT2D eigenvalue weighted by atomic mass is 32.2. The van der Waals surface area contributed by atoms with E-state index in [2.05, 4.69) is 40.0 Å². The molecule has 0 saturated heterocycles. The molecule has 0 radical (unpaired) electrons. The number of aliphatic carboxylic acids is 1. The topological polar surface area (TPSA) is 91.7 Å². The van der Waals surface area contributed by atoms with Gasteiger partial charge >= 0.3 is 5.97 Å². The number of carbonyl (C=O) groups is 1. The van der Waals surface area contributed by atoms with Crippen LogP contribution in [0.1, 0.15) is 0 Å². The van der Waals surface area contributed by atoms with E-state index in [1.165, 1.54) is 0 Å². The minimum absolute atomic E-state index is 0.380. The molecule has 0 rings (SSSR count). The quantitative estimate of drug-likeness (QED) is 0.596. The van der Waals surface area contributed by atoms with Gasteiger partial charge in [-0.15, -0.1) is 15.8 Å². The molecule has 0 aromatic rings. The van der Waals surface area contributed by atoms with Crippen LogP contribution in [0.4, 0.5) is 0 Å². The molecular formula is C8H22O5P2S. The fraction of sp³-hybridized carbons (Fsp3) is 0.875. The van der Waals surface area contributed by atoms with Crippen molar-refractivity contribution in [3.63, 3.8) is 0 Å². The SMILES string of the molecule is CP(C)C.CP(C)C.O=C(O)CS(=O)(=O)O. The van der Waals surface area contributed by atoms with E-state index in [1.54, 1.807) is 0 Å². The molecule has 5 nitrogen and oxygen atoms in total. The lowest BCUT2D eigenvalue weighted by Crippen LogP contribution is -2.13. The predicted octanol–water partition coefficient (Wildman–Crippen LogP) is 1.67. The molecule has 0 amide bonds. The number of hydrogen-bond donors (Lipinski definition) is 2. The molecule has 0 heterocycles. The Morgan fingerprint density at radius 2 is 1.19 bits per heavy atom. The van der Waals surface area contributed by atoms with Crippen LogP contribution in [-0.2, 0) is 14.9 Å². The van der Waals surface area contributed by atoms with Gasteiger partial charge in [-0.2, -0.15) is 8.42 Å². The standard InChI is InChI=1S/2C3H9P.C2H4O5S/c2*1-4(2)3;3-2(4)1-8(5,6)7/h2*1-3H3;1H2,(H,3,4)(H,5,6,7). The minimum Gasteiger partial charge on any atom is -0.480 e. The van der Waals surface area contributed by atoms with E-state index >= 15 is 0 Å². The summed E-state index contributed by atoms with van der Waals surface area (Å²) >= 11 is 0. The normalized spacial score (nSPS) is 10.1. The van der Waals surface area contributed by atoms with Gasteiger partial charge in [-0.05, 0) is 40.0 Å². The van der Waals surface area contributed by atoms with Gasteiger partial charge in [0.25, 0.3) is 10.1 Å². The van der Waals surface area contributed by atoms with Gasteiger partial charge in [0.15, 0.2) is 5.75 Å². The maximum Gasteiger partial charge on any atom is 0.321 e. The van der Waals surface area contributed by atoms with Crippen molar-refractivity contribution in [2.45, 2.75) is 0 Å². The van der Waals surface area contributed by atoms with Crippen LogP contribution in [0.5, 0.6) is 0 Å². The molecule has 0 aliphatic heterocycles. The van der Waals surface area contributed by atoms with Crippen molar-refractivity contribution in [1.82, 2.24) is 0 Å². The zero-order chi connectivity index (χ0) is 13.9. The van der Waals surface area contributed by atoms with Gasteiger partial charge in [0.1, 0.15) is 0 Å². The van der Waals surface area contributed by atoms with Crippen molar-refractivity contribution in [3.8, 4) is 0 Å². The van der Waals surface area contributed by atoms with Gasteiger partial charge in [0.05, 0.1) is 0 Å². The lowest BCUT2D eigenvalue weighted by atomic mass is 10.8. The van der Waals surface area contributed by atoms with Crippen molar-refractivity contribution in [1.29, 1.82) is 0 Å². The van der Waals surface area contributed by atoms with Crippen molar-refractivity contribution in [3.05, 3.63) is 0 Å². The average Bonchev–Trinajstić information content (AvgIpc) is 1.74. The van der Waals surface area contributed by atoms with Gasteiger partial charge < -0.3 is 5.11 Å². The Morgan fingerprint density at radius 3 is 1.19 bits per heavy atom. The molecule has 0 atom stereocenters. The van der Waals surface area contributed by atoms with E-state index in [0.29, 0.717) is 15.8 Å². The highest BCUT2D eigenvalue weighted by Crippen LogP contribution is 2.15. The largest absolute Gasteiger partial charge is 0.480 e. The molecule has 0 saturated carbocycles. The fourth-order valence-corrected chi connectivity index (χ4v) is 0.468. The van der Waals surface area contributed by atoms with E-state index in [4.69, 9.17) is 9.66 Å². The van der Waals surface area contributed by atoms with Crippen LogP contribution in [-0.4, -0.2) is 69.8 Å². The van der Waals surface area contributed by atoms with Gasteiger partial charge in [0.2, 0.25) is 0 Å². The molecule has 2 N–H and O–H groups in total. The summed E-state index contributed by atoms with van der Waals surface area (Å²) in [5.41, 5.74) is 0. The molecule has 8 heteroatoms. The van der Waals surface area contributed by atoms with Crippen LogP contribution in [0, 0.1) is 0 Å². The molecule has 0 aliphatic carbocycles. The first kappa shape index (κ1) is 21.5. The van der Waals surface area contributed by atoms with Crippen LogP contribution < -0.4 is 0 Å². The summed E-state index contributed by atoms with van der Waals surface area (Å²) in [6.07, 6.45) is 0. The number of carboxylic acid groups (broad SMARTS) is 1. The summed E-state index contributed by atoms with van der Waals surface area (Å²) < 4.78 is 27.0. The van der Waals surface area contributed by atoms with E-state index in [0.717, 1.165) is 0 Å². The Labute approximate surface area is 101 Å². The number of rotatable bonds is 2. The molecule has 0 spiro atoms. The second kappa shape index (κ2) is 11.7. The number of hydrogen-bond acceptors (Lipinski definition) is 3. The fourth-order valence-electron chi connectivity index (χ4n) is 0.156. The average molecular weight is 292 g/mol. The third-order valence-corrected chi connectivity index (χ3v) is 0.918. The summed E-state index contributed by atoms with van der Waals surface area (Å²) in [7, 11) is -3.56. The Balaban J connectivity index is -0.000000179. The minimum atomic E-state index is -4.32. The third kappa shape index (κ3) is 90.9. The predicted molar refractivity (Wildman–Crippen MR) is 73.4 cm³/mol. The summed E-state index contributed by atoms with van der Waals surface area (Å²) in [6, 6.07) is 0. The zero-order valence-electron chi connectivity index (χ0n) is 10.6. The van der Waals surface area contributed by atoms with E-state index in [9.17, 15) is 13.2 Å². The summed E-state index contributed by atoms with van der Waals surface area (Å²) in [5, 5.41) is 7.71. The molecule has 0 aromatic carbocycles. The Hall–Kier alpha value is 0.240. The maximum atomic E-state index is 9.62. The van der Waals surface area contributed by atoms with E-state index in [1.807, 2.05) is 0 Å². The van der Waals surface area contributed by atoms with Gasteiger partial charge in [-0.1, -0.05) is 0 Å². The molecule has 0 unspecified atom stereocenters. The van der Waals surface area contributed by atoms with Crippen molar-refractivity contribution < 1.29 is 22.9 Å². The van der Waals surface area contributed by atoms with Crippen molar-refractivity contribution in [2.75, 3.05) is 45.7 Å². The molecule has 0 fully saturated rings. The maximum absolute atomic E-state index is 9.62. The van der Waals surface area contributed by atoms with Crippen LogP contribution in [0.3, 0.4) is 0 Å². The molecule has 16 heavy (non-hydrogen) atoms. The molecule has 0 aromatic heterocycles. The first-order valence-electron chi connectivity index (χ1n) is 4.27. The van der Waals surface area contributed by atoms with E-state index < -0.39 is 21.8 Å². The Bertz CT molecular complexity index is 250. The number of carboxylic acids is 1. The Morgan fingerprint density at radius 1 is 1.00 bits per heavy atom. The second-order valence-corrected chi connectivity index (χ2v) is 10.6. The van der Waals surface area contributed by atoms with Crippen molar-refractivity contribution >= 4 is 31.9 Å². The van der Waals surface area contributed by atoms with Crippen molar-refractivity contribution in [2.24, 2.45) is 0 Å². The second-order valence-electron chi connectivity index (χ2n) is 3.80. The highest BCUT2D eigenvalue weighted by Gasteiger charge is 2.09. The first-order chi connectivity index (χ1) is 6.88. The summed E-state index contributed by atoms with van der Waals surface area (Å²) in [4.78, 5) is 9.48. The summed E-state index contributed by atoms with van der Waals surface area (Å²) in [5.74, 6) is -2.79. The van der Waals surface area contributed by atoms with Gasteiger partial charge in [-0.25, -0.2) is 0 Å². The summed E-state index contributed by atoms with van der Waals surface area (Å²) in [6.45, 7) is 13.4. The molecule has 0 bridgehead atoms. The van der Waals surface area contributed by atoms with Crippen LogP contribution in [0.25, 0.3) is 0 Å². The van der Waals surface area contributed by atoms with Crippen LogP contribution in [0.2, 0.25) is 0 Å². The van der Waals surface area contributed by atoms with E-state index in [-0.39, 0.29) is 0 Å².